The Morgan fingerprint density at radius 3 is 2.77 bits per heavy atom. The standard InChI is InChI=1S/C10H18O3/c1-3-4-5-6-7-8-9(13-8)10(11)12-2/h8-9H,3-7H2,1-2H3. The van der Waals surface area contributed by atoms with Crippen molar-refractivity contribution in [3.63, 3.8) is 0 Å². The van der Waals surface area contributed by atoms with Crippen molar-refractivity contribution in [3.05, 3.63) is 0 Å². The van der Waals surface area contributed by atoms with Crippen LogP contribution >= 0.6 is 0 Å². The highest BCUT2D eigenvalue weighted by Gasteiger charge is 2.45. The molecule has 0 aromatic heterocycles. The van der Waals surface area contributed by atoms with E-state index in [0.29, 0.717) is 0 Å². The van der Waals surface area contributed by atoms with E-state index in [4.69, 9.17) is 4.74 Å². The molecule has 0 radical (unpaired) electrons. The summed E-state index contributed by atoms with van der Waals surface area (Å²) in [6.07, 6.45) is 5.80. The van der Waals surface area contributed by atoms with E-state index in [9.17, 15) is 4.79 Å². The summed E-state index contributed by atoms with van der Waals surface area (Å²) in [6, 6.07) is 0. The molecule has 1 aliphatic heterocycles. The zero-order valence-electron chi connectivity index (χ0n) is 8.41. The largest absolute Gasteiger partial charge is 0.467 e. The van der Waals surface area contributed by atoms with Crippen LogP contribution in [-0.2, 0) is 14.3 Å². The predicted molar refractivity (Wildman–Crippen MR) is 49.4 cm³/mol. The molecule has 2 atom stereocenters. The van der Waals surface area contributed by atoms with Gasteiger partial charge in [0.2, 0.25) is 0 Å². The Bertz CT molecular complexity index is 168. The molecule has 1 fully saturated rings. The van der Waals surface area contributed by atoms with Gasteiger partial charge in [0.05, 0.1) is 13.2 Å². The summed E-state index contributed by atoms with van der Waals surface area (Å²) in [5.74, 6) is -0.222. The second-order valence-electron chi connectivity index (χ2n) is 3.47. The normalized spacial score (nSPS) is 25.7. The Balaban J connectivity index is 1.98. The van der Waals surface area contributed by atoms with Gasteiger partial charge in [-0.2, -0.15) is 0 Å². The first-order chi connectivity index (χ1) is 6.29. The van der Waals surface area contributed by atoms with Crippen molar-refractivity contribution in [1.29, 1.82) is 0 Å². The van der Waals surface area contributed by atoms with Crippen LogP contribution in [0.5, 0.6) is 0 Å². The van der Waals surface area contributed by atoms with Crippen LogP contribution in [0.1, 0.15) is 39.0 Å². The van der Waals surface area contributed by atoms with Crippen LogP contribution in [0.2, 0.25) is 0 Å². The number of epoxide rings is 1. The molecule has 0 spiro atoms. The van der Waals surface area contributed by atoms with Gasteiger partial charge in [0, 0.05) is 0 Å². The lowest BCUT2D eigenvalue weighted by Crippen LogP contribution is -2.11. The monoisotopic (exact) mass is 186 g/mol. The van der Waals surface area contributed by atoms with Crippen molar-refractivity contribution < 1.29 is 14.3 Å². The number of esters is 1. The minimum atomic E-state index is -0.258. The van der Waals surface area contributed by atoms with Crippen LogP contribution in [0.3, 0.4) is 0 Å². The summed E-state index contributed by atoms with van der Waals surface area (Å²) in [5.41, 5.74) is 0. The highest BCUT2D eigenvalue weighted by atomic mass is 16.6. The van der Waals surface area contributed by atoms with E-state index < -0.39 is 0 Å². The second kappa shape index (κ2) is 5.22. The maximum Gasteiger partial charge on any atom is 0.337 e. The number of hydrogen-bond donors (Lipinski definition) is 0. The van der Waals surface area contributed by atoms with Gasteiger partial charge in [-0.1, -0.05) is 32.6 Å². The van der Waals surface area contributed by atoms with Crippen molar-refractivity contribution in [3.8, 4) is 0 Å². The minimum absolute atomic E-state index is 0.143. The van der Waals surface area contributed by atoms with Crippen LogP contribution in [-0.4, -0.2) is 25.3 Å². The molecular formula is C10H18O3. The number of methoxy groups -OCH3 is 1. The van der Waals surface area contributed by atoms with E-state index in [1.165, 1.54) is 26.4 Å². The molecule has 13 heavy (non-hydrogen) atoms. The lowest BCUT2D eigenvalue weighted by atomic mass is 10.1. The van der Waals surface area contributed by atoms with Crippen LogP contribution in [0.25, 0.3) is 0 Å². The number of carbonyl (C=O) groups excluding carboxylic acids is 1. The van der Waals surface area contributed by atoms with Gasteiger partial charge in [-0.15, -0.1) is 0 Å². The van der Waals surface area contributed by atoms with Crippen molar-refractivity contribution in [2.45, 2.75) is 51.2 Å². The zero-order chi connectivity index (χ0) is 9.68. The Hall–Kier alpha value is -0.570. The van der Waals surface area contributed by atoms with E-state index in [0.717, 1.165) is 12.8 Å². The molecule has 1 aliphatic rings. The minimum Gasteiger partial charge on any atom is -0.467 e. The molecule has 0 bridgehead atoms. The number of unbranched alkanes of at least 4 members (excludes halogenated alkanes) is 3. The smallest absolute Gasteiger partial charge is 0.337 e. The molecule has 76 valence electrons. The molecule has 3 nitrogen and oxygen atoms in total. The van der Waals surface area contributed by atoms with Gasteiger partial charge in [-0.3, -0.25) is 0 Å². The summed E-state index contributed by atoms with van der Waals surface area (Å²) < 4.78 is 9.74. The van der Waals surface area contributed by atoms with Gasteiger partial charge in [-0.05, 0) is 6.42 Å². The van der Waals surface area contributed by atoms with Crippen molar-refractivity contribution in [1.82, 2.24) is 0 Å². The topological polar surface area (TPSA) is 38.8 Å². The molecule has 0 aromatic rings. The van der Waals surface area contributed by atoms with Crippen LogP contribution < -0.4 is 0 Å². The van der Waals surface area contributed by atoms with Gasteiger partial charge in [0.15, 0.2) is 6.10 Å². The first-order valence-corrected chi connectivity index (χ1v) is 5.03. The maximum atomic E-state index is 10.9. The van der Waals surface area contributed by atoms with E-state index in [1.54, 1.807) is 0 Å². The summed E-state index contributed by atoms with van der Waals surface area (Å²) in [6.45, 7) is 2.19. The van der Waals surface area contributed by atoms with Gasteiger partial charge >= 0.3 is 5.97 Å². The molecular weight excluding hydrogens is 168 g/mol. The van der Waals surface area contributed by atoms with E-state index >= 15 is 0 Å². The zero-order valence-corrected chi connectivity index (χ0v) is 8.41. The van der Waals surface area contributed by atoms with Crippen molar-refractivity contribution >= 4 is 5.97 Å². The molecule has 0 N–H and O–H groups in total. The van der Waals surface area contributed by atoms with E-state index in [2.05, 4.69) is 11.7 Å². The molecule has 3 heteroatoms. The second-order valence-corrected chi connectivity index (χ2v) is 3.47. The van der Waals surface area contributed by atoms with Gasteiger partial charge < -0.3 is 9.47 Å². The molecule has 0 aliphatic carbocycles. The van der Waals surface area contributed by atoms with Crippen LogP contribution in [0.4, 0.5) is 0 Å². The summed E-state index contributed by atoms with van der Waals surface area (Å²) in [5, 5.41) is 0. The lowest BCUT2D eigenvalue weighted by molar-refractivity contribution is -0.142. The molecule has 1 heterocycles. The molecule has 1 saturated heterocycles. The average Bonchev–Trinajstić information content (AvgIpc) is 2.91. The predicted octanol–water partition coefficient (Wildman–Crippen LogP) is 1.90. The Morgan fingerprint density at radius 2 is 2.15 bits per heavy atom. The first kappa shape index (κ1) is 10.5. The number of ether oxygens (including phenoxy) is 2. The fourth-order valence-corrected chi connectivity index (χ4v) is 1.46. The molecule has 0 amide bonds. The SMILES string of the molecule is CCCCCCC1OC1C(=O)OC. The third kappa shape index (κ3) is 3.35. The fourth-order valence-electron chi connectivity index (χ4n) is 1.46. The highest BCUT2D eigenvalue weighted by molar-refractivity contribution is 5.77. The highest BCUT2D eigenvalue weighted by Crippen LogP contribution is 2.28. The van der Waals surface area contributed by atoms with E-state index in [1.807, 2.05) is 0 Å². The molecule has 0 saturated carbocycles. The fraction of sp³-hybridized carbons (Fsp3) is 0.900. The van der Waals surface area contributed by atoms with Crippen LogP contribution in [0.15, 0.2) is 0 Å². The quantitative estimate of drug-likeness (QED) is 0.361. The van der Waals surface area contributed by atoms with E-state index in [-0.39, 0.29) is 18.2 Å². The number of hydrogen-bond acceptors (Lipinski definition) is 3. The first-order valence-electron chi connectivity index (χ1n) is 5.03. The number of rotatable bonds is 6. The maximum absolute atomic E-state index is 10.9. The summed E-state index contributed by atoms with van der Waals surface area (Å²) in [4.78, 5) is 10.9. The van der Waals surface area contributed by atoms with Crippen molar-refractivity contribution in [2.24, 2.45) is 0 Å². The third-order valence-corrected chi connectivity index (χ3v) is 2.36. The number of carbonyl (C=O) groups is 1. The molecule has 1 rings (SSSR count). The Labute approximate surface area is 79.4 Å². The van der Waals surface area contributed by atoms with Gasteiger partial charge in [0.1, 0.15) is 0 Å². The Morgan fingerprint density at radius 1 is 1.38 bits per heavy atom. The lowest BCUT2D eigenvalue weighted by Gasteiger charge is -1.95. The Kier molecular flexibility index (Phi) is 4.22. The third-order valence-electron chi connectivity index (χ3n) is 2.36. The van der Waals surface area contributed by atoms with Crippen LogP contribution in [0, 0.1) is 0 Å². The molecule has 2 unspecified atom stereocenters. The summed E-state index contributed by atoms with van der Waals surface area (Å²) in [7, 11) is 1.40. The average molecular weight is 186 g/mol. The van der Waals surface area contributed by atoms with Crippen molar-refractivity contribution in [2.75, 3.05) is 7.11 Å². The van der Waals surface area contributed by atoms with Gasteiger partial charge in [0.25, 0.3) is 0 Å². The molecule has 0 aromatic carbocycles. The van der Waals surface area contributed by atoms with Gasteiger partial charge in [-0.25, -0.2) is 4.79 Å². The summed E-state index contributed by atoms with van der Waals surface area (Å²) >= 11 is 0.